The number of fused-ring (bicyclic) bond motifs is 1. The highest BCUT2D eigenvalue weighted by Crippen LogP contribution is 2.39. The fourth-order valence-corrected chi connectivity index (χ4v) is 4.24. The van der Waals surface area contributed by atoms with E-state index in [4.69, 9.17) is 0 Å². The van der Waals surface area contributed by atoms with Gasteiger partial charge in [0.05, 0.1) is 23.8 Å². The van der Waals surface area contributed by atoms with Gasteiger partial charge < -0.3 is 15.5 Å². The lowest BCUT2D eigenvalue weighted by Gasteiger charge is -2.31. The number of hydrogen-bond acceptors (Lipinski definition) is 4. The van der Waals surface area contributed by atoms with Gasteiger partial charge >= 0.3 is 0 Å². The fourth-order valence-electron chi connectivity index (χ4n) is 4.24. The van der Waals surface area contributed by atoms with E-state index < -0.39 is 6.04 Å². The van der Waals surface area contributed by atoms with Gasteiger partial charge in [-0.05, 0) is 49.9 Å². The van der Waals surface area contributed by atoms with Crippen molar-refractivity contribution < 1.29 is 14.4 Å². The average molecular weight is 471 g/mol. The van der Waals surface area contributed by atoms with Crippen LogP contribution in [-0.2, 0) is 4.79 Å². The smallest absolute Gasteiger partial charge is 0.258 e. The van der Waals surface area contributed by atoms with Crippen LogP contribution in [0.15, 0.2) is 72.8 Å². The van der Waals surface area contributed by atoms with Crippen molar-refractivity contribution in [2.45, 2.75) is 19.4 Å². The molecule has 0 radical (unpaired) electrons. The Balaban J connectivity index is 1.80. The molecule has 35 heavy (non-hydrogen) atoms. The largest absolute Gasteiger partial charge is 0.340 e. The zero-order chi connectivity index (χ0) is 24.9. The normalized spacial score (nSPS) is 15.1. The molecule has 3 aromatic rings. The van der Waals surface area contributed by atoms with Crippen LogP contribution in [-0.4, -0.2) is 49.8 Å². The highest BCUT2D eigenvalue weighted by molar-refractivity contribution is 6.12. The van der Waals surface area contributed by atoms with Crippen molar-refractivity contribution >= 4 is 29.1 Å². The summed E-state index contributed by atoms with van der Waals surface area (Å²) in [5, 5.41) is 5.96. The maximum atomic E-state index is 13.8. The van der Waals surface area contributed by atoms with Crippen molar-refractivity contribution in [1.82, 2.24) is 10.2 Å². The molecule has 0 saturated heterocycles. The first kappa shape index (κ1) is 24.2. The minimum atomic E-state index is -0.496. The standard InChI is InChI=1S/C28H30N4O3/c1-19-9-11-20(12-10-19)25-18-26(33)30-23-17-22(27(34)31(3)16-15-29-2)13-14-24(23)32(25)28(35)21-7-5-4-6-8-21/h4-14,17,25,29H,15-16,18H2,1-3H3,(H,30,33). The predicted octanol–water partition coefficient (Wildman–Crippen LogP) is 4.02. The summed E-state index contributed by atoms with van der Waals surface area (Å²) in [6.07, 6.45) is 0.0989. The summed E-state index contributed by atoms with van der Waals surface area (Å²) in [6, 6.07) is 21.5. The highest BCUT2D eigenvalue weighted by atomic mass is 16.2. The van der Waals surface area contributed by atoms with Crippen LogP contribution in [0.3, 0.4) is 0 Å². The third-order valence-corrected chi connectivity index (χ3v) is 6.21. The van der Waals surface area contributed by atoms with Crippen LogP contribution >= 0.6 is 0 Å². The van der Waals surface area contributed by atoms with Gasteiger partial charge in [-0.2, -0.15) is 0 Å². The number of nitrogens with one attached hydrogen (secondary N) is 2. The number of carbonyl (C=O) groups excluding carboxylic acids is 3. The number of hydrogen-bond donors (Lipinski definition) is 2. The van der Waals surface area contributed by atoms with Crippen molar-refractivity contribution in [2.24, 2.45) is 0 Å². The molecule has 7 nitrogen and oxygen atoms in total. The van der Waals surface area contributed by atoms with E-state index in [0.717, 1.165) is 11.1 Å². The molecule has 0 aliphatic carbocycles. The van der Waals surface area contributed by atoms with Crippen LogP contribution < -0.4 is 15.5 Å². The molecule has 3 aromatic carbocycles. The lowest BCUT2D eigenvalue weighted by Crippen LogP contribution is -2.35. The second-order valence-corrected chi connectivity index (χ2v) is 8.78. The highest BCUT2D eigenvalue weighted by Gasteiger charge is 2.34. The van der Waals surface area contributed by atoms with Gasteiger partial charge in [-0.1, -0.05) is 48.0 Å². The molecule has 7 heteroatoms. The lowest BCUT2D eigenvalue weighted by molar-refractivity contribution is -0.116. The Labute approximate surface area is 205 Å². The molecule has 1 unspecified atom stereocenters. The summed E-state index contributed by atoms with van der Waals surface area (Å²) in [5.41, 5.74) is 3.94. The molecule has 1 atom stereocenters. The molecule has 0 spiro atoms. The van der Waals surface area contributed by atoms with Gasteiger partial charge in [0.25, 0.3) is 11.8 Å². The van der Waals surface area contributed by atoms with Gasteiger partial charge in [0.2, 0.25) is 5.91 Å². The number of likely N-dealkylation sites (N-methyl/N-ethyl adjacent to an activating group) is 2. The Morgan fingerprint density at radius 3 is 2.43 bits per heavy atom. The van der Waals surface area contributed by atoms with Gasteiger partial charge in [-0.3, -0.25) is 19.3 Å². The summed E-state index contributed by atoms with van der Waals surface area (Å²) >= 11 is 0. The third-order valence-electron chi connectivity index (χ3n) is 6.21. The van der Waals surface area contributed by atoms with Gasteiger partial charge in [0.15, 0.2) is 0 Å². The molecular weight excluding hydrogens is 440 g/mol. The van der Waals surface area contributed by atoms with Crippen LogP contribution in [0.25, 0.3) is 0 Å². The summed E-state index contributed by atoms with van der Waals surface area (Å²) in [5.74, 6) is -0.579. The van der Waals surface area contributed by atoms with Gasteiger partial charge in [-0.25, -0.2) is 0 Å². The fraction of sp³-hybridized carbons (Fsp3) is 0.250. The van der Waals surface area contributed by atoms with E-state index in [1.807, 2.05) is 56.4 Å². The monoisotopic (exact) mass is 470 g/mol. The second-order valence-electron chi connectivity index (χ2n) is 8.78. The Morgan fingerprint density at radius 1 is 1.03 bits per heavy atom. The first-order valence-corrected chi connectivity index (χ1v) is 11.7. The van der Waals surface area contributed by atoms with E-state index in [2.05, 4.69) is 10.6 Å². The molecule has 1 aliphatic heterocycles. The summed E-state index contributed by atoms with van der Waals surface area (Å²) in [4.78, 5) is 43.1. The van der Waals surface area contributed by atoms with Crippen molar-refractivity contribution in [3.63, 3.8) is 0 Å². The quantitative estimate of drug-likeness (QED) is 0.570. The van der Waals surface area contributed by atoms with Crippen molar-refractivity contribution in [3.8, 4) is 0 Å². The van der Waals surface area contributed by atoms with E-state index in [-0.39, 0.29) is 24.1 Å². The second kappa shape index (κ2) is 10.5. The molecular formula is C28H30N4O3. The number of nitrogens with zero attached hydrogens (tertiary/aromatic N) is 2. The molecule has 2 N–H and O–H groups in total. The maximum Gasteiger partial charge on any atom is 0.258 e. The van der Waals surface area contributed by atoms with E-state index >= 15 is 0 Å². The number of carbonyl (C=O) groups is 3. The zero-order valence-corrected chi connectivity index (χ0v) is 20.2. The molecule has 0 bridgehead atoms. The van der Waals surface area contributed by atoms with E-state index in [1.165, 1.54) is 0 Å². The van der Waals surface area contributed by atoms with E-state index in [9.17, 15) is 14.4 Å². The zero-order valence-electron chi connectivity index (χ0n) is 20.2. The maximum absolute atomic E-state index is 13.8. The lowest BCUT2D eigenvalue weighted by atomic mass is 9.99. The summed E-state index contributed by atoms with van der Waals surface area (Å²) in [6.45, 7) is 3.21. The van der Waals surface area contributed by atoms with Crippen LogP contribution in [0.1, 0.15) is 44.3 Å². The molecule has 4 rings (SSSR count). The van der Waals surface area contributed by atoms with E-state index in [1.54, 1.807) is 47.2 Å². The SMILES string of the molecule is CNCCN(C)C(=O)c1ccc2c(c1)NC(=O)CC(c1ccc(C)cc1)N2C(=O)c1ccccc1. The van der Waals surface area contributed by atoms with E-state index in [0.29, 0.717) is 35.6 Å². The molecule has 3 amide bonds. The minimum Gasteiger partial charge on any atom is -0.340 e. The number of aryl methyl sites for hydroxylation is 1. The van der Waals surface area contributed by atoms with Crippen LogP contribution in [0.4, 0.5) is 11.4 Å². The molecule has 0 aromatic heterocycles. The predicted molar refractivity (Wildman–Crippen MR) is 138 cm³/mol. The Kier molecular flexibility index (Phi) is 7.27. The van der Waals surface area contributed by atoms with Gasteiger partial charge in [0.1, 0.15) is 0 Å². The summed E-state index contributed by atoms with van der Waals surface area (Å²) in [7, 11) is 3.57. The van der Waals surface area contributed by atoms with Gasteiger partial charge in [-0.15, -0.1) is 0 Å². The Hall–Kier alpha value is -3.97. The molecule has 1 aliphatic rings. The minimum absolute atomic E-state index is 0.0989. The average Bonchev–Trinajstić information content (AvgIpc) is 3.02. The van der Waals surface area contributed by atoms with Crippen molar-refractivity contribution in [3.05, 3.63) is 95.1 Å². The molecule has 0 fully saturated rings. The van der Waals surface area contributed by atoms with Crippen LogP contribution in [0.5, 0.6) is 0 Å². The Bertz CT molecular complexity index is 1220. The Morgan fingerprint density at radius 2 is 1.74 bits per heavy atom. The molecule has 180 valence electrons. The number of anilines is 2. The van der Waals surface area contributed by atoms with Crippen LogP contribution in [0, 0.1) is 6.92 Å². The first-order chi connectivity index (χ1) is 16.9. The molecule has 0 saturated carbocycles. The number of benzene rings is 3. The van der Waals surface area contributed by atoms with Gasteiger partial charge in [0, 0.05) is 31.3 Å². The number of rotatable bonds is 6. The third kappa shape index (κ3) is 5.25. The van der Waals surface area contributed by atoms with Crippen molar-refractivity contribution in [1.29, 1.82) is 0 Å². The number of amides is 3. The molecule has 1 heterocycles. The summed E-state index contributed by atoms with van der Waals surface area (Å²) < 4.78 is 0. The first-order valence-electron chi connectivity index (χ1n) is 11.7. The topological polar surface area (TPSA) is 81.8 Å². The van der Waals surface area contributed by atoms with Crippen molar-refractivity contribution in [2.75, 3.05) is 37.4 Å². The van der Waals surface area contributed by atoms with Crippen LogP contribution in [0.2, 0.25) is 0 Å².